The molecular weight excluding hydrogens is 630 g/mol. The molecule has 258 valence electrons. The summed E-state index contributed by atoms with van der Waals surface area (Å²) in [5.74, 6) is -3.41. The van der Waals surface area contributed by atoms with Gasteiger partial charge in [-0.15, -0.1) is 0 Å². The Balaban J connectivity index is 1.32. The number of allylic oxidation sites excluding steroid dienone is 1. The number of piperidine rings is 1. The summed E-state index contributed by atoms with van der Waals surface area (Å²) in [5.41, 5.74) is 0.912. The summed E-state index contributed by atoms with van der Waals surface area (Å²) in [4.78, 5) is 66.0. The van der Waals surface area contributed by atoms with Crippen LogP contribution in [0.5, 0.6) is 0 Å². The van der Waals surface area contributed by atoms with Crippen LogP contribution in [-0.4, -0.2) is 72.3 Å². The third-order valence-electron chi connectivity index (χ3n) is 7.87. The smallest absolute Gasteiger partial charge is 0.418 e. The van der Waals surface area contributed by atoms with E-state index in [1.165, 1.54) is 6.92 Å². The van der Waals surface area contributed by atoms with Gasteiger partial charge in [-0.1, -0.05) is 18.2 Å². The van der Waals surface area contributed by atoms with Crippen molar-refractivity contribution in [3.63, 3.8) is 0 Å². The van der Waals surface area contributed by atoms with E-state index in [1.54, 1.807) is 11.0 Å². The molecule has 2 N–H and O–H groups in total. The van der Waals surface area contributed by atoms with Gasteiger partial charge in [0.2, 0.25) is 5.91 Å². The van der Waals surface area contributed by atoms with E-state index in [9.17, 15) is 32.8 Å². The minimum atomic E-state index is -1.46. The van der Waals surface area contributed by atoms with E-state index in [1.807, 2.05) is 39.0 Å². The van der Waals surface area contributed by atoms with Gasteiger partial charge in [0.25, 0.3) is 0 Å². The maximum atomic E-state index is 14.2. The fraction of sp³-hybridized carbons (Fsp3) is 0.441. The van der Waals surface area contributed by atoms with E-state index in [0.29, 0.717) is 23.7 Å². The molecule has 2 aliphatic heterocycles. The number of carbonyl (C=O) groups excluding carboxylic acids is 5. The summed E-state index contributed by atoms with van der Waals surface area (Å²) >= 11 is 0. The number of benzene rings is 2. The summed E-state index contributed by atoms with van der Waals surface area (Å²) in [7, 11) is 1.10. The highest BCUT2D eigenvalue weighted by atomic mass is 19.2. The van der Waals surface area contributed by atoms with Crippen LogP contribution in [0.25, 0.3) is 0 Å². The molecule has 0 spiro atoms. The zero-order chi connectivity index (χ0) is 35.2. The van der Waals surface area contributed by atoms with Gasteiger partial charge in [0, 0.05) is 30.9 Å². The zero-order valence-electron chi connectivity index (χ0n) is 27.6. The fourth-order valence-corrected chi connectivity index (χ4v) is 5.58. The number of halogens is 2. The first-order chi connectivity index (χ1) is 22.7. The molecule has 1 saturated heterocycles. The molecule has 14 heteroatoms. The fourth-order valence-electron chi connectivity index (χ4n) is 5.58. The third kappa shape index (κ3) is 8.87. The maximum absolute atomic E-state index is 14.2. The summed E-state index contributed by atoms with van der Waals surface area (Å²) in [6.07, 6.45) is 0.103. The van der Waals surface area contributed by atoms with Crippen molar-refractivity contribution in [1.29, 1.82) is 0 Å². The van der Waals surface area contributed by atoms with Crippen LogP contribution < -0.4 is 10.6 Å². The van der Waals surface area contributed by atoms with Gasteiger partial charge in [0.1, 0.15) is 11.6 Å². The number of methoxy groups -OCH3 is 1. The first kappa shape index (κ1) is 35.8. The third-order valence-corrected chi connectivity index (χ3v) is 7.87. The zero-order valence-corrected chi connectivity index (χ0v) is 27.6. The predicted molar refractivity (Wildman–Crippen MR) is 170 cm³/mol. The molecule has 0 aromatic heterocycles. The Labute approximate surface area is 277 Å². The van der Waals surface area contributed by atoms with Crippen molar-refractivity contribution in [3.8, 4) is 0 Å². The van der Waals surface area contributed by atoms with Gasteiger partial charge < -0.3 is 29.7 Å². The number of likely N-dealkylation sites (tertiary alicyclic amines) is 1. The number of nitrogens with zero attached hydrogens (tertiary/aromatic N) is 2. The SMILES string of the molecule is COC(=O)C1=C(C)NC(=O)N(C(=O)OCCCC(=O)Nc2cccc(C3CCN(C(=O)OC(C)(C)C)CC3)c2)C1c1ccc(F)c(F)c1. The number of urea groups is 1. The Hall–Kier alpha value is -5.01. The Morgan fingerprint density at radius 1 is 0.979 bits per heavy atom. The maximum Gasteiger partial charge on any atom is 0.418 e. The molecule has 2 aromatic carbocycles. The number of nitrogens with one attached hydrogen (secondary N) is 2. The lowest BCUT2D eigenvalue weighted by molar-refractivity contribution is -0.137. The van der Waals surface area contributed by atoms with E-state index < -0.39 is 41.4 Å². The van der Waals surface area contributed by atoms with Gasteiger partial charge in [-0.25, -0.2) is 32.9 Å². The molecule has 0 radical (unpaired) electrons. The van der Waals surface area contributed by atoms with Gasteiger partial charge in [-0.2, -0.15) is 0 Å². The Morgan fingerprint density at radius 3 is 2.33 bits per heavy atom. The molecular formula is C34H40F2N4O8. The van der Waals surface area contributed by atoms with Gasteiger partial charge in [0.05, 0.1) is 19.3 Å². The number of esters is 1. The average molecular weight is 671 g/mol. The van der Waals surface area contributed by atoms with Crippen molar-refractivity contribution in [1.82, 2.24) is 15.1 Å². The Bertz CT molecular complexity index is 1600. The molecule has 0 aliphatic carbocycles. The van der Waals surface area contributed by atoms with E-state index >= 15 is 0 Å². The highest BCUT2D eigenvalue weighted by molar-refractivity contribution is 6.00. The molecule has 1 atom stereocenters. The molecule has 0 bridgehead atoms. The largest absolute Gasteiger partial charge is 0.466 e. The molecule has 0 saturated carbocycles. The second-order valence-corrected chi connectivity index (χ2v) is 12.5. The molecule has 12 nitrogen and oxygen atoms in total. The van der Waals surface area contributed by atoms with Crippen LogP contribution in [0, 0.1) is 11.6 Å². The van der Waals surface area contributed by atoms with Crippen LogP contribution in [-0.2, 0) is 23.8 Å². The Morgan fingerprint density at radius 2 is 1.69 bits per heavy atom. The molecule has 48 heavy (non-hydrogen) atoms. The van der Waals surface area contributed by atoms with Crippen LogP contribution in [0.1, 0.15) is 76.5 Å². The summed E-state index contributed by atoms with van der Waals surface area (Å²) in [6, 6.07) is 7.81. The van der Waals surface area contributed by atoms with Crippen LogP contribution in [0.3, 0.4) is 0 Å². The molecule has 2 heterocycles. The molecule has 4 rings (SSSR count). The second kappa shape index (κ2) is 15.3. The first-order valence-corrected chi connectivity index (χ1v) is 15.6. The number of hydrogen-bond acceptors (Lipinski definition) is 8. The molecule has 1 fully saturated rings. The number of amides is 5. The van der Waals surface area contributed by atoms with Crippen molar-refractivity contribution in [3.05, 3.63) is 76.5 Å². The topological polar surface area (TPSA) is 144 Å². The molecule has 2 aromatic rings. The first-order valence-electron chi connectivity index (χ1n) is 15.6. The van der Waals surface area contributed by atoms with Crippen molar-refractivity contribution in [2.24, 2.45) is 0 Å². The normalized spacial score (nSPS) is 17.1. The summed E-state index contributed by atoms with van der Waals surface area (Å²) in [6.45, 7) is 7.77. The van der Waals surface area contributed by atoms with Gasteiger partial charge in [-0.3, -0.25) is 4.79 Å². The van der Waals surface area contributed by atoms with Crippen LogP contribution >= 0.6 is 0 Å². The molecule has 5 amide bonds. The van der Waals surface area contributed by atoms with Gasteiger partial charge >= 0.3 is 24.2 Å². The average Bonchev–Trinajstić information content (AvgIpc) is 3.03. The number of rotatable bonds is 8. The van der Waals surface area contributed by atoms with Crippen molar-refractivity contribution < 1.29 is 47.0 Å². The molecule has 2 aliphatic rings. The summed E-state index contributed by atoms with van der Waals surface area (Å²) in [5, 5.41) is 5.23. The minimum Gasteiger partial charge on any atom is -0.466 e. The summed E-state index contributed by atoms with van der Waals surface area (Å²) < 4.78 is 43.4. The minimum absolute atomic E-state index is 0.0169. The number of ether oxygens (including phenoxy) is 3. The van der Waals surface area contributed by atoms with Crippen LogP contribution in [0.15, 0.2) is 53.7 Å². The monoisotopic (exact) mass is 670 g/mol. The number of imide groups is 1. The van der Waals surface area contributed by atoms with E-state index in [-0.39, 0.29) is 54.2 Å². The lowest BCUT2D eigenvalue weighted by Gasteiger charge is -2.35. The van der Waals surface area contributed by atoms with Crippen molar-refractivity contribution in [2.75, 3.05) is 32.1 Å². The van der Waals surface area contributed by atoms with E-state index in [0.717, 1.165) is 43.7 Å². The second-order valence-electron chi connectivity index (χ2n) is 12.5. The highest BCUT2D eigenvalue weighted by Crippen LogP contribution is 2.35. The van der Waals surface area contributed by atoms with Crippen LogP contribution in [0.4, 0.5) is 28.9 Å². The van der Waals surface area contributed by atoms with Crippen molar-refractivity contribution in [2.45, 2.75) is 70.9 Å². The standard InChI is InChI=1S/C34H40F2N4O8/c1-20-28(30(42)46-5)29(23-11-12-25(35)26(36)19-23)40(31(43)37-20)33(45)47-17-7-10-27(41)38-24-9-6-8-22(18-24)21-13-15-39(16-14-21)32(44)48-34(2,3)4/h6,8-9,11-12,18-19,21,29H,7,10,13-17H2,1-5H3,(H,37,43)(H,38,41). The van der Waals surface area contributed by atoms with Gasteiger partial charge in [-0.05, 0) is 88.3 Å². The van der Waals surface area contributed by atoms with E-state index in [2.05, 4.69) is 10.6 Å². The number of carbonyl (C=O) groups is 5. The van der Waals surface area contributed by atoms with Gasteiger partial charge in [0.15, 0.2) is 11.6 Å². The molecule has 1 unspecified atom stereocenters. The van der Waals surface area contributed by atoms with Crippen molar-refractivity contribution >= 4 is 35.8 Å². The lowest BCUT2D eigenvalue weighted by atomic mass is 9.89. The number of anilines is 1. The van der Waals surface area contributed by atoms with E-state index in [4.69, 9.17) is 14.2 Å². The quantitative estimate of drug-likeness (QED) is 0.194. The highest BCUT2D eigenvalue weighted by Gasteiger charge is 2.43. The Kier molecular flexibility index (Phi) is 11.4. The predicted octanol–water partition coefficient (Wildman–Crippen LogP) is 6.15. The van der Waals surface area contributed by atoms with Crippen LogP contribution in [0.2, 0.25) is 0 Å². The number of hydrogen-bond donors (Lipinski definition) is 2. The lowest BCUT2D eigenvalue weighted by Crippen LogP contribution is -2.51.